The summed E-state index contributed by atoms with van der Waals surface area (Å²) in [5.74, 6) is -0.235. The molecule has 0 aliphatic carbocycles. The predicted octanol–water partition coefficient (Wildman–Crippen LogP) is 2.21. The smallest absolute Gasteiger partial charge is 0.306 e. The van der Waals surface area contributed by atoms with E-state index in [1.54, 1.807) is 0 Å². The largest absolute Gasteiger partial charge is 0.462 e. The molecule has 1 fully saturated rings. The minimum absolute atomic E-state index is 0.0259. The second-order valence-electron chi connectivity index (χ2n) is 6.61. The summed E-state index contributed by atoms with van der Waals surface area (Å²) in [5.41, 5.74) is -0.0689. The molecule has 0 aromatic carbocycles. The normalized spacial score (nSPS) is 22.5. The van der Waals surface area contributed by atoms with Crippen LogP contribution in [0, 0.1) is 0 Å². The third-order valence-corrected chi connectivity index (χ3v) is 3.13. The van der Waals surface area contributed by atoms with E-state index >= 15 is 0 Å². The minimum Gasteiger partial charge on any atom is -0.462 e. The molecule has 1 aliphatic rings. The maximum atomic E-state index is 11.6. The van der Waals surface area contributed by atoms with Gasteiger partial charge in [-0.15, -0.1) is 0 Å². The lowest BCUT2D eigenvalue weighted by molar-refractivity contribution is -0.153. The fraction of sp³-hybridized carbons (Fsp3) is 0.857. The molecule has 0 amide bonds. The molecule has 4 heteroatoms. The number of ether oxygens (including phenoxy) is 1. The first-order chi connectivity index (χ1) is 8.10. The van der Waals surface area contributed by atoms with Gasteiger partial charge in [-0.3, -0.25) is 4.79 Å². The zero-order chi connectivity index (χ0) is 14.0. The molecule has 104 valence electrons. The van der Waals surface area contributed by atoms with Gasteiger partial charge in [0.1, 0.15) is 11.9 Å². The highest BCUT2D eigenvalue weighted by atomic mass is 16.5. The molecule has 1 N–H and O–H groups in total. The number of ketones is 1. The lowest BCUT2D eigenvalue weighted by Gasteiger charge is -2.45. The summed E-state index contributed by atoms with van der Waals surface area (Å²) < 4.78 is 5.48. The third-order valence-electron chi connectivity index (χ3n) is 3.13. The van der Waals surface area contributed by atoms with Gasteiger partial charge >= 0.3 is 5.97 Å². The van der Waals surface area contributed by atoms with Gasteiger partial charge < -0.3 is 14.8 Å². The maximum absolute atomic E-state index is 11.6. The quantitative estimate of drug-likeness (QED) is 0.782. The predicted molar refractivity (Wildman–Crippen MR) is 70.3 cm³/mol. The van der Waals surface area contributed by atoms with Crippen molar-refractivity contribution in [2.24, 2.45) is 0 Å². The standard InChI is InChI=1S/C14H25NO3/c1-10(16)6-7-12(17)18-11-8-13(2,3)15-14(4,5)9-11/h11,15H,6-9H2,1-5H3. The van der Waals surface area contributed by atoms with E-state index in [1.165, 1.54) is 6.92 Å². The number of piperidine rings is 1. The van der Waals surface area contributed by atoms with Crippen LogP contribution in [-0.4, -0.2) is 28.9 Å². The van der Waals surface area contributed by atoms with Crippen molar-refractivity contribution in [3.63, 3.8) is 0 Å². The molecule has 0 radical (unpaired) electrons. The molecule has 0 atom stereocenters. The molecule has 1 aliphatic heterocycles. The Hall–Kier alpha value is -0.900. The average Bonchev–Trinajstić information content (AvgIpc) is 2.09. The van der Waals surface area contributed by atoms with E-state index in [4.69, 9.17) is 4.74 Å². The molecule has 4 nitrogen and oxygen atoms in total. The van der Waals surface area contributed by atoms with Crippen molar-refractivity contribution < 1.29 is 14.3 Å². The number of nitrogens with one attached hydrogen (secondary N) is 1. The van der Waals surface area contributed by atoms with Gasteiger partial charge in [0.25, 0.3) is 0 Å². The average molecular weight is 255 g/mol. The molecule has 0 unspecified atom stereocenters. The summed E-state index contributed by atoms with van der Waals surface area (Å²) in [6, 6.07) is 0. The van der Waals surface area contributed by atoms with Crippen LogP contribution < -0.4 is 5.32 Å². The fourth-order valence-electron chi connectivity index (χ4n) is 2.83. The fourth-order valence-corrected chi connectivity index (χ4v) is 2.83. The molecule has 1 heterocycles. The van der Waals surface area contributed by atoms with Gasteiger partial charge in [0.05, 0.1) is 6.42 Å². The van der Waals surface area contributed by atoms with E-state index in [0.29, 0.717) is 0 Å². The Morgan fingerprint density at radius 1 is 1.11 bits per heavy atom. The van der Waals surface area contributed by atoms with Gasteiger partial charge in [0.15, 0.2) is 0 Å². The van der Waals surface area contributed by atoms with Gasteiger partial charge in [-0.25, -0.2) is 0 Å². The number of hydrogen-bond donors (Lipinski definition) is 1. The lowest BCUT2D eigenvalue weighted by Crippen LogP contribution is -2.59. The van der Waals surface area contributed by atoms with Gasteiger partial charge in [-0.2, -0.15) is 0 Å². The van der Waals surface area contributed by atoms with Crippen molar-refractivity contribution in [2.45, 2.75) is 77.5 Å². The van der Waals surface area contributed by atoms with Crippen molar-refractivity contribution in [1.29, 1.82) is 0 Å². The summed E-state index contributed by atoms with van der Waals surface area (Å²) in [5, 5.41) is 3.54. The van der Waals surface area contributed by atoms with Crippen LogP contribution in [0.3, 0.4) is 0 Å². The Balaban J connectivity index is 2.51. The van der Waals surface area contributed by atoms with Gasteiger partial charge in [-0.1, -0.05) is 0 Å². The van der Waals surface area contributed by atoms with Crippen LogP contribution in [0.4, 0.5) is 0 Å². The highest BCUT2D eigenvalue weighted by Crippen LogP contribution is 2.30. The number of Topliss-reactive ketones (excluding diaryl/α,β-unsaturated/α-hetero) is 1. The number of carbonyl (C=O) groups excluding carboxylic acids is 2. The van der Waals surface area contributed by atoms with Crippen LogP contribution in [0.15, 0.2) is 0 Å². The zero-order valence-corrected chi connectivity index (χ0v) is 12.1. The van der Waals surface area contributed by atoms with E-state index in [0.717, 1.165) is 12.8 Å². The topological polar surface area (TPSA) is 55.4 Å². The lowest BCUT2D eigenvalue weighted by atomic mass is 9.81. The second-order valence-corrected chi connectivity index (χ2v) is 6.61. The molecular weight excluding hydrogens is 230 g/mol. The van der Waals surface area contributed by atoms with Crippen LogP contribution in [0.2, 0.25) is 0 Å². The van der Waals surface area contributed by atoms with Gasteiger partial charge in [0.2, 0.25) is 0 Å². The summed E-state index contributed by atoms with van der Waals surface area (Å²) in [6.45, 7) is 9.95. The van der Waals surface area contributed by atoms with Crippen LogP contribution >= 0.6 is 0 Å². The van der Waals surface area contributed by atoms with E-state index in [2.05, 4.69) is 33.0 Å². The SMILES string of the molecule is CC(=O)CCC(=O)OC1CC(C)(C)NC(C)(C)C1. The van der Waals surface area contributed by atoms with E-state index < -0.39 is 0 Å². The van der Waals surface area contributed by atoms with E-state index in [-0.39, 0.29) is 41.8 Å². The Morgan fingerprint density at radius 3 is 2.06 bits per heavy atom. The maximum Gasteiger partial charge on any atom is 0.306 e. The van der Waals surface area contributed by atoms with Gasteiger partial charge in [0, 0.05) is 30.3 Å². The number of hydrogen-bond acceptors (Lipinski definition) is 4. The molecule has 0 spiro atoms. The van der Waals surface area contributed by atoms with Crippen molar-refractivity contribution in [3.05, 3.63) is 0 Å². The molecule has 1 rings (SSSR count). The molecule has 1 saturated heterocycles. The number of carbonyl (C=O) groups is 2. The van der Waals surface area contributed by atoms with Crippen LogP contribution in [0.25, 0.3) is 0 Å². The Kier molecular flexibility index (Phi) is 4.54. The molecule has 0 saturated carbocycles. The summed E-state index contributed by atoms with van der Waals surface area (Å²) >= 11 is 0. The molecule has 0 aromatic rings. The van der Waals surface area contributed by atoms with Crippen molar-refractivity contribution >= 4 is 11.8 Å². The first-order valence-corrected chi connectivity index (χ1v) is 6.58. The summed E-state index contributed by atoms with van der Waals surface area (Å²) in [7, 11) is 0. The van der Waals surface area contributed by atoms with Crippen molar-refractivity contribution in [2.75, 3.05) is 0 Å². The number of rotatable bonds is 4. The zero-order valence-electron chi connectivity index (χ0n) is 12.1. The Labute approximate surface area is 109 Å². The highest BCUT2D eigenvalue weighted by molar-refractivity contribution is 5.81. The third kappa shape index (κ3) is 5.17. The molecule has 0 aromatic heterocycles. The van der Waals surface area contributed by atoms with Crippen LogP contribution in [0.1, 0.15) is 60.3 Å². The second kappa shape index (κ2) is 5.39. The highest BCUT2D eigenvalue weighted by Gasteiger charge is 2.39. The first-order valence-electron chi connectivity index (χ1n) is 6.58. The molecule has 0 bridgehead atoms. The first kappa shape index (κ1) is 15.2. The van der Waals surface area contributed by atoms with E-state index in [1.807, 2.05) is 0 Å². The Bertz CT molecular complexity index is 318. The van der Waals surface area contributed by atoms with Gasteiger partial charge in [-0.05, 0) is 34.6 Å². The van der Waals surface area contributed by atoms with Crippen LogP contribution in [-0.2, 0) is 14.3 Å². The van der Waals surface area contributed by atoms with Crippen molar-refractivity contribution in [3.8, 4) is 0 Å². The van der Waals surface area contributed by atoms with Crippen molar-refractivity contribution in [1.82, 2.24) is 5.32 Å². The molecule has 18 heavy (non-hydrogen) atoms. The van der Waals surface area contributed by atoms with E-state index in [9.17, 15) is 9.59 Å². The summed E-state index contributed by atoms with van der Waals surface area (Å²) in [6.07, 6.45) is 2.02. The molecular formula is C14H25NO3. The summed E-state index contributed by atoms with van der Waals surface area (Å²) in [4.78, 5) is 22.5. The monoisotopic (exact) mass is 255 g/mol. The Morgan fingerprint density at radius 2 is 1.61 bits per heavy atom. The number of esters is 1. The minimum atomic E-state index is -0.260. The van der Waals surface area contributed by atoms with Crippen LogP contribution in [0.5, 0.6) is 0 Å².